The van der Waals surface area contributed by atoms with Gasteiger partial charge in [0.05, 0.1) is 7.11 Å². The Bertz CT molecular complexity index is 637. The molecule has 2 rings (SSSR count). The van der Waals surface area contributed by atoms with Crippen molar-refractivity contribution in [2.24, 2.45) is 0 Å². The molecule has 0 saturated heterocycles. The Balaban J connectivity index is 2.06. The fraction of sp³-hybridized carbons (Fsp3) is 0.0769. The van der Waals surface area contributed by atoms with Crippen LogP contribution in [0.2, 0.25) is 5.02 Å². The van der Waals surface area contributed by atoms with Crippen LogP contribution < -0.4 is 15.4 Å². The monoisotopic (exact) mass is 355 g/mol. The summed E-state index contributed by atoms with van der Waals surface area (Å²) in [6.45, 7) is 0. The molecule has 0 aliphatic carbocycles. The Kier molecular flexibility index (Phi) is 4.81. The Morgan fingerprint density at radius 1 is 1.25 bits per heavy atom. The number of halogens is 2. The van der Waals surface area contributed by atoms with Gasteiger partial charge in [-0.15, -0.1) is 0 Å². The summed E-state index contributed by atoms with van der Waals surface area (Å²) in [5.41, 5.74) is 1.17. The standard InChI is InChI=1S/C13H11BrClN3O2/c1-20-11-5-8(15)4-10(6-11)18-13(19)17-9-2-3-16-12(14)7-9/h2-7H,1H3,(H2,16,17,18,19). The molecule has 0 radical (unpaired) electrons. The molecule has 2 N–H and O–H groups in total. The number of nitrogens with one attached hydrogen (secondary N) is 2. The summed E-state index contributed by atoms with van der Waals surface area (Å²) in [6.07, 6.45) is 1.59. The summed E-state index contributed by atoms with van der Waals surface area (Å²) in [5, 5.41) is 5.84. The average Bonchev–Trinajstić information content (AvgIpc) is 2.37. The minimum Gasteiger partial charge on any atom is -0.497 e. The van der Waals surface area contributed by atoms with Crippen molar-refractivity contribution in [1.29, 1.82) is 0 Å². The van der Waals surface area contributed by atoms with E-state index in [4.69, 9.17) is 16.3 Å². The molecule has 5 nitrogen and oxygen atoms in total. The first-order valence-corrected chi connectivity index (χ1v) is 6.78. The fourth-order valence-electron chi connectivity index (χ4n) is 1.53. The fourth-order valence-corrected chi connectivity index (χ4v) is 2.12. The zero-order valence-corrected chi connectivity index (χ0v) is 12.8. The largest absolute Gasteiger partial charge is 0.497 e. The molecule has 0 bridgehead atoms. The lowest BCUT2D eigenvalue weighted by molar-refractivity contribution is 0.262. The van der Waals surface area contributed by atoms with Crippen molar-refractivity contribution < 1.29 is 9.53 Å². The minimum atomic E-state index is -0.382. The molecular formula is C13H11BrClN3O2. The van der Waals surface area contributed by atoms with Crippen LogP contribution in [0.15, 0.2) is 41.1 Å². The summed E-state index contributed by atoms with van der Waals surface area (Å²) in [5.74, 6) is 0.569. The number of hydrogen-bond acceptors (Lipinski definition) is 3. The van der Waals surface area contributed by atoms with Gasteiger partial charge in [-0.05, 0) is 40.2 Å². The first-order chi connectivity index (χ1) is 9.56. The number of ether oxygens (including phenoxy) is 1. The zero-order chi connectivity index (χ0) is 14.5. The molecular weight excluding hydrogens is 346 g/mol. The van der Waals surface area contributed by atoms with E-state index in [9.17, 15) is 4.79 Å². The number of hydrogen-bond donors (Lipinski definition) is 2. The van der Waals surface area contributed by atoms with E-state index < -0.39 is 0 Å². The van der Waals surface area contributed by atoms with E-state index in [2.05, 4.69) is 31.5 Å². The summed E-state index contributed by atoms with van der Waals surface area (Å²) in [7, 11) is 1.53. The van der Waals surface area contributed by atoms with Crippen LogP contribution >= 0.6 is 27.5 Å². The van der Waals surface area contributed by atoms with Gasteiger partial charge in [0.25, 0.3) is 0 Å². The SMILES string of the molecule is COc1cc(Cl)cc(NC(=O)Nc2ccnc(Br)c2)c1. The molecule has 104 valence electrons. The topological polar surface area (TPSA) is 63.2 Å². The lowest BCUT2D eigenvalue weighted by Crippen LogP contribution is -2.19. The molecule has 0 aliphatic rings. The van der Waals surface area contributed by atoms with Crippen LogP contribution in [0.4, 0.5) is 16.2 Å². The molecule has 0 atom stereocenters. The van der Waals surface area contributed by atoms with Gasteiger partial charge < -0.3 is 15.4 Å². The smallest absolute Gasteiger partial charge is 0.323 e. The highest BCUT2D eigenvalue weighted by molar-refractivity contribution is 9.10. The van der Waals surface area contributed by atoms with Crippen LogP contribution in [0.25, 0.3) is 0 Å². The van der Waals surface area contributed by atoms with E-state index in [-0.39, 0.29) is 6.03 Å². The van der Waals surface area contributed by atoms with Crippen molar-refractivity contribution in [2.75, 3.05) is 17.7 Å². The number of carbonyl (C=O) groups is 1. The molecule has 1 aromatic heterocycles. The number of amides is 2. The van der Waals surface area contributed by atoms with Crippen molar-refractivity contribution >= 4 is 44.9 Å². The van der Waals surface area contributed by atoms with Gasteiger partial charge in [0.2, 0.25) is 0 Å². The Morgan fingerprint density at radius 2 is 2.00 bits per heavy atom. The summed E-state index contributed by atoms with van der Waals surface area (Å²) in [6, 6.07) is 7.96. The van der Waals surface area contributed by atoms with Gasteiger partial charge >= 0.3 is 6.03 Å². The number of aromatic nitrogens is 1. The molecule has 0 spiro atoms. The van der Waals surface area contributed by atoms with E-state index >= 15 is 0 Å². The van der Waals surface area contributed by atoms with Crippen LogP contribution in [0.3, 0.4) is 0 Å². The third kappa shape index (κ3) is 4.11. The lowest BCUT2D eigenvalue weighted by Gasteiger charge is -2.09. The number of carbonyl (C=O) groups excluding carboxylic acids is 1. The van der Waals surface area contributed by atoms with Crippen molar-refractivity contribution in [1.82, 2.24) is 4.98 Å². The van der Waals surface area contributed by atoms with Gasteiger partial charge in [-0.1, -0.05) is 11.6 Å². The van der Waals surface area contributed by atoms with E-state index in [0.29, 0.717) is 26.8 Å². The zero-order valence-electron chi connectivity index (χ0n) is 10.5. The van der Waals surface area contributed by atoms with Gasteiger partial charge in [0, 0.05) is 28.7 Å². The number of rotatable bonds is 3. The van der Waals surface area contributed by atoms with Crippen molar-refractivity contribution in [3.05, 3.63) is 46.2 Å². The molecule has 0 fully saturated rings. The van der Waals surface area contributed by atoms with Gasteiger partial charge in [-0.3, -0.25) is 0 Å². The lowest BCUT2D eigenvalue weighted by atomic mass is 10.3. The molecule has 7 heteroatoms. The number of pyridine rings is 1. The number of urea groups is 1. The van der Waals surface area contributed by atoms with Gasteiger partial charge in [-0.25, -0.2) is 9.78 Å². The third-order valence-corrected chi connectivity index (χ3v) is 3.00. The van der Waals surface area contributed by atoms with E-state index in [1.807, 2.05) is 0 Å². The molecule has 2 aromatic rings. The number of benzene rings is 1. The highest BCUT2D eigenvalue weighted by atomic mass is 79.9. The second kappa shape index (κ2) is 6.58. The average molecular weight is 357 g/mol. The molecule has 1 heterocycles. The van der Waals surface area contributed by atoms with Crippen molar-refractivity contribution in [3.8, 4) is 5.75 Å². The normalized spacial score (nSPS) is 9.95. The Morgan fingerprint density at radius 3 is 2.70 bits per heavy atom. The summed E-state index contributed by atoms with van der Waals surface area (Å²) < 4.78 is 5.72. The molecule has 1 aromatic carbocycles. The summed E-state index contributed by atoms with van der Waals surface area (Å²) in [4.78, 5) is 15.8. The molecule has 2 amide bonds. The first-order valence-electron chi connectivity index (χ1n) is 5.61. The quantitative estimate of drug-likeness (QED) is 0.812. The minimum absolute atomic E-state index is 0.382. The van der Waals surface area contributed by atoms with Gasteiger partial charge in [0.15, 0.2) is 0 Å². The van der Waals surface area contributed by atoms with Crippen LogP contribution in [0, 0.1) is 0 Å². The Hall–Kier alpha value is -1.79. The second-order valence-corrected chi connectivity index (χ2v) is 5.08. The molecule has 0 saturated carbocycles. The summed E-state index contributed by atoms with van der Waals surface area (Å²) >= 11 is 9.16. The molecule has 20 heavy (non-hydrogen) atoms. The third-order valence-electron chi connectivity index (χ3n) is 2.35. The van der Waals surface area contributed by atoms with E-state index in [0.717, 1.165) is 0 Å². The van der Waals surface area contributed by atoms with Crippen LogP contribution in [-0.4, -0.2) is 18.1 Å². The first kappa shape index (κ1) is 14.6. The molecule has 0 aliphatic heterocycles. The van der Waals surface area contributed by atoms with Crippen molar-refractivity contribution in [2.45, 2.75) is 0 Å². The van der Waals surface area contributed by atoms with Gasteiger partial charge in [-0.2, -0.15) is 0 Å². The number of methoxy groups -OCH3 is 1. The maximum absolute atomic E-state index is 11.9. The van der Waals surface area contributed by atoms with Gasteiger partial charge in [0.1, 0.15) is 10.4 Å². The van der Waals surface area contributed by atoms with E-state index in [1.165, 1.54) is 7.11 Å². The second-order valence-electron chi connectivity index (χ2n) is 3.83. The van der Waals surface area contributed by atoms with Crippen LogP contribution in [0.1, 0.15) is 0 Å². The Labute approximate surface area is 129 Å². The predicted molar refractivity (Wildman–Crippen MR) is 82.6 cm³/mol. The van der Waals surface area contributed by atoms with Crippen LogP contribution in [-0.2, 0) is 0 Å². The number of nitrogens with zero attached hydrogens (tertiary/aromatic N) is 1. The number of anilines is 2. The van der Waals surface area contributed by atoms with E-state index in [1.54, 1.807) is 36.5 Å². The highest BCUT2D eigenvalue weighted by Gasteiger charge is 2.05. The van der Waals surface area contributed by atoms with Crippen molar-refractivity contribution in [3.63, 3.8) is 0 Å². The predicted octanol–water partition coefficient (Wildman–Crippen LogP) is 4.15. The highest BCUT2D eigenvalue weighted by Crippen LogP contribution is 2.24. The molecule has 0 unspecified atom stereocenters. The maximum Gasteiger partial charge on any atom is 0.323 e. The van der Waals surface area contributed by atoms with Crippen LogP contribution in [0.5, 0.6) is 5.75 Å². The maximum atomic E-state index is 11.9.